The van der Waals surface area contributed by atoms with Crippen molar-refractivity contribution in [2.24, 2.45) is 0 Å². The lowest BCUT2D eigenvalue weighted by molar-refractivity contribution is 0.200. The molecule has 0 amide bonds. The van der Waals surface area contributed by atoms with Crippen molar-refractivity contribution in [3.8, 4) is 17.1 Å². The van der Waals surface area contributed by atoms with Crippen LogP contribution in [-0.4, -0.2) is 62.6 Å². The third kappa shape index (κ3) is 6.53. The average Bonchev–Trinajstić information content (AvgIpc) is 3.47. The predicted molar refractivity (Wildman–Crippen MR) is 173 cm³/mol. The van der Waals surface area contributed by atoms with Crippen LogP contribution >= 0.6 is 0 Å². The van der Waals surface area contributed by atoms with E-state index in [-0.39, 0.29) is 4.90 Å². The van der Waals surface area contributed by atoms with Crippen LogP contribution in [0, 0.1) is 6.92 Å². The summed E-state index contributed by atoms with van der Waals surface area (Å²) in [6.45, 7) is 9.05. The molecule has 0 spiro atoms. The van der Waals surface area contributed by atoms with Crippen LogP contribution in [0.3, 0.4) is 0 Å². The molecule has 0 unspecified atom stereocenters. The first-order valence-corrected chi connectivity index (χ1v) is 16.2. The lowest BCUT2D eigenvalue weighted by atomic mass is 10.1. The van der Waals surface area contributed by atoms with Crippen LogP contribution in [0.15, 0.2) is 95.9 Å². The number of hydrogen-bond donors (Lipinski definition) is 2. The van der Waals surface area contributed by atoms with Crippen LogP contribution in [-0.2, 0) is 16.4 Å². The van der Waals surface area contributed by atoms with Gasteiger partial charge in [0.15, 0.2) is 0 Å². The van der Waals surface area contributed by atoms with Crippen molar-refractivity contribution in [2.75, 3.05) is 49.0 Å². The number of rotatable bonds is 10. The minimum atomic E-state index is -3.65. The summed E-state index contributed by atoms with van der Waals surface area (Å²) in [5.74, 6) is 1.62. The van der Waals surface area contributed by atoms with Crippen LogP contribution in [0.2, 0.25) is 0 Å². The average molecular weight is 596 g/mol. The largest absolute Gasteiger partial charge is 0.492 e. The van der Waals surface area contributed by atoms with E-state index in [0.29, 0.717) is 23.6 Å². The monoisotopic (exact) mass is 595 g/mol. The second-order valence-corrected chi connectivity index (χ2v) is 12.5. The SMILES string of the molecule is CCc1cccc(-c2nc3c(N4CCN(CCOc5ccc(NS(=O)(=O)c6ccccc6C)cc5)CC4)cccc3[nH]2)c1. The maximum Gasteiger partial charge on any atom is 0.262 e. The number of nitrogens with one attached hydrogen (secondary N) is 2. The molecule has 9 heteroatoms. The van der Waals surface area contributed by atoms with Gasteiger partial charge < -0.3 is 14.6 Å². The lowest BCUT2D eigenvalue weighted by Gasteiger charge is -2.36. The number of aromatic nitrogens is 2. The summed E-state index contributed by atoms with van der Waals surface area (Å²) in [5, 5.41) is 0. The van der Waals surface area contributed by atoms with E-state index < -0.39 is 10.0 Å². The second-order valence-electron chi connectivity index (χ2n) is 10.9. The maximum absolute atomic E-state index is 12.8. The van der Waals surface area contributed by atoms with Gasteiger partial charge in [0.25, 0.3) is 10.0 Å². The second kappa shape index (κ2) is 12.5. The molecular weight excluding hydrogens is 558 g/mol. The van der Waals surface area contributed by atoms with Crippen LogP contribution in [0.4, 0.5) is 11.4 Å². The van der Waals surface area contributed by atoms with Crippen LogP contribution in [0.1, 0.15) is 18.1 Å². The number of nitrogens with zero attached hydrogens (tertiary/aromatic N) is 3. The minimum absolute atomic E-state index is 0.277. The molecule has 0 atom stereocenters. The fourth-order valence-corrected chi connectivity index (χ4v) is 6.85. The van der Waals surface area contributed by atoms with Gasteiger partial charge in [0.05, 0.1) is 16.1 Å². The number of ether oxygens (including phenoxy) is 1. The zero-order valence-corrected chi connectivity index (χ0v) is 25.4. The van der Waals surface area contributed by atoms with Gasteiger partial charge in [-0.15, -0.1) is 0 Å². The third-order valence-electron chi connectivity index (χ3n) is 7.98. The van der Waals surface area contributed by atoms with Crippen molar-refractivity contribution >= 4 is 32.4 Å². The van der Waals surface area contributed by atoms with E-state index >= 15 is 0 Å². The van der Waals surface area contributed by atoms with Gasteiger partial charge in [-0.2, -0.15) is 0 Å². The van der Waals surface area contributed by atoms with Crippen molar-refractivity contribution < 1.29 is 13.2 Å². The van der Waals surface area contributed by atoms with E-state index in [0.717, 1.165) is 61.6 Å². The smallest absolute Gasteiger partial charge is 0.262 e. The van der Waals surface area contributed by atoms with E-state index in [1.165, 1.54) is 11.3 Å². The number of benzene rings is 4. The number of aryl methyl sites for hydroxylation is 2. The summed E-state index contributed by atoms with van der Waals surface area (Å²) in [7, 11) is -3.65. The molecule has 6 rings (SSSR count). The molecule has 43 heavy (non-hydrogen) atoms. The first-order chi connectivity index (χ1) is 20.9. The summed E-state index contributed by atoms with van der Waals surface area (Å²) in [6.07, 6.45) is 1.000. The minimum Gasteiger partial charge on any atom is -0.492 e. The summed E-state index contributed by atoms with van der Waals surface area (Å²) < 4.78 is 34.1. The van der Waals surface area contributed by atoms with E-state index in [1.54, 1.807) is 49.4 Å². The van der Waals surface area contributed by atoms with E-state index in [2.05, 4.69) is 68.9 Å². The fraction of sp³-hybridized carbons (Fsp3) is 0.265. The predicted octanol–water partition coefficient (Wildman–Crippen LogP) is 6.10. The molecule has 5 aromatic rings. The van der Waals surface area contributed by atoms with Gasteiger partial charge in [0.1, 0.15) is 23.7 Å². The molecule has 1 aromatic heterocycles. The van der Waals surface area contributed by atoms with Gasteiger partial charge in [-0.05, 0) is 73.0 Å². The van der Waals surface area contributed by atoms with E-state index in [1.807, 2.05) is 6.07 Å². The van der Waals surface area contributed by atoms with Crippen molar-refractivity contribution in [3.05, 3.63) is 102 Å². The molecule has 0 saturated carbocycles. The third-order valence-corrected chi connectivity index (χ3v) is 9.52. The van der Waals surface area contributed by atoms with Gasteiger partial charge in [-0.1, -0.05) is 49.4 Å². The quantitative estimate of drug-likeness (QED) is 0.203. The van der Waals surface area contributed by atoms with Gasteiger partial charge in [0.2, 0.25) is 0 Å². The normalized spacial score (nSPS) is 14.2. The van der Waals surface area contributed by atoms with Crippen molar-refractivity contribution in [1.82, 2.24) is 14.9 Å². The van der Waals surface area contributed by atoms with E-state index in [4.69, 9.17) is 9.72 Å². The molecule has 0 aliphatic carbocycles. The number of anilines is 2. The van der Waals surface area contributed by atoms with Gasteiger partial charge in [-0.25, -0.2) is 13.4 Å². The van der Waals surface area contributed by atoms with Gasteiger partial charge in [0, 0.05) is 44.0 Å². The first-order valence-electron chi connectivity index (χ1n) is 14.8. The zero-order valence-electron chi connectivity index (χ0n) is 24.6. The Morgan fingerprint density at radius 1 is 0.907 bits per heavy atom. The van der Waals surface area contributed by atoms with E-state index in [9.17, 15) is 8.42 Å². The standard InChI is InChI=1S/C34H37N5O3S/c1-3-26-9-6-10-27(24-26)34-35-30-11-7-12-31(33(30)36-34)39-20-18-38(19-21-39)22-23-42-29-16-14-28(15-17-29)37-43(40,41)32-13-5-4-8-25(32)2/h4-17,24,37H,3,18-23H2,1-2H3,(H,35,36). The van der Waals surface area contributed by atoms with Crippen molar-refractivity contribution in [2.45, 2.75) is 25.2 Å². The number of fused-ring (bicyclic) bond motifs is 1. The molecule has 1 aliphatic heterocycles. The van der Waals surface area contributed by atoms with Crippen LogP contribution in [0.25, 0.3) is 22.4 Å². The van der Waals surface area contributed by atoms with Crippen LogP contribution in [0.5, 0.6) is 5.75 Å². The topological polar surface area (TPSA) is 90.6 Å². The lowest BCUT2D eigenvalue weighted by Crippen LogP contribution is -2.47. The summed E-state index contributed by atoms with van der Waals surface area (Å²) >= 11 is 0. The molecule has 1 aliphatic rings. The number of H-pyrrole nitrogens is 1. The molecule has 1 fully saturated rings. The Balaban J connectivity index is 1.01. The highest BCUT2D eigenvalue weighted by Crippen LogP contribution is 2.29. The number of piperazine rings is 1. The number of hydrogen-bond acceptors (Lipinski definition) is 6. The van der Waals surface area contributed by atoms with Crippen molar-refractivity contribution in [1.29, 1.82) is 0 Å². The Morgan fingerprint density at radius 2 is 1.67 bits per heavy atom. The highest BCUT2D eigenvalue weighted by molar-refractivity contribution is 7.92. The Kier molecular flexibility index (Phi) is 8.35. The molecule has 0 bridgehead atoms. The molecule has 4 aromatic carbocycles. The Morgan fingerprint density at radius 3 is 2.44 bits per heavy atom. The molecule has 2 heterocycles. The molecule has 8 nitrogen and oxygen atoms in total. The highest BCUT2D eigenvalue weighted by atomic mass is 32.2. The van der Waals surface area contributed by atoms with Crippen LogP contribution < -0.4 is 14.4 Å². The zero-order chi connectivity index (χ0) is 29.8. The number of imidazole rings is 1. The highest BCUT2D eigenvalue weighted by Gasteiger charge is 2.21. The molecular formula is C34H37N5O3S. The summed E-state index contributed by atoms with van der Waals surface area (Å²) in [4.78, 5) is 13.6. The van der Waals surface area contributed by atoms with Crippen molar-refractivity contribution in [3.63, 3.8) is 0 Å². The molecule has 2 N–H and O–H groups in total. The Hall–Kier alpha value is -4.34. The molecule has 1 saturated heterocycles. The molecule has 222 valence electrons. The Bertz CT molecular complexity index is 1810. The first kappa shape index (κ1) is 28.8. The van der Waals surface area contributed by atoms with Gasteiger partial charge >= 0.3 is 0 Å². The summed E-state index contributed by atoms with van der Waals surface area (Å²) in [6, 6.07) is 28.9. The number of aromatic amines is 1. The Labute approximate surface area is 253 Å². The van der Waals surface area contributed by atoms with Gasteiger partial charge in [-0.3, -0.25) is 9.62 Å². The number of para-hydroxylation sites is 1. The number of sulfonamides is 1. The summed E-state index contributed by atoms with van der Waals surface area (Å²) in [5.41, 5.74) is 6.86. The maximum atomic E-state index is 12.8. The molecule has 0 radical (unpaired) electrons. The fourth-order valence-electron chi connectivity index (χ4n) is 5.54.